The van der Waals surface area contributed by atoms with Crippen LogP contribution in [0.3, 0.4) is 0 Å². The highest BCUT2D eigenvalue weighted by Crippen LogP contribution is 2.44. The van der Waals surface area contributed by atoms with E-state index in [0.29, 0.717) is 17.4 Å². The standard InChI is InChI=1S/C18H13N3O3S/c22-16-9-15(12-6-7-13-14(8-12)24-10-23-13)25-18-19-17(20-21(16)18)11-4-2-1-3-5-11/h1-8,15H,9-10H2/t15-/m0/s1. The normalized spacial score (nSPS) is 18.2. The summed E-state index contributed by atoms with van der Waals surface area (Å²) >= 11 is 1.55. The fourth-order valence-corrected chi connectivity index (χ4v) is 4.10. The first kappa shape index (κ1) is 14.5. The number of ether oxygens (including phenoxy) is 2. The van der Waals surface area contributed by atoms with Crippen LogP contribution in [-0.4, -0.2) is 27.5 Å². The third-order valence-corrected chi connectivity index (χ3v) is 5.42. The molecule has 0 aliphatic carbocycles. The Hall–Kier alpha value is -2.80. The number of nitrogens with zero attached hydrogens (tertiary/aromatic N) is 3. The van der Waals surface area contributed by atoms with Crippen molar-refractivity contribution in [3.63, 3.8) is 0 Å². The summed E-state index contributed by atoms with van der Waals surface area (Å²) in [5.74, 6) is 1.99. The fourth-order valence-electron chi connectivity index (χ4n) is 2.96. The van der Waals surface area contributed by atoms with Gasteiger partial charge in [-0.1, -0.05) is 48.2 Å². The number of thioether (sulfide) groups is 1. The monoisotopic (exact) mass is 351 g/mol. The molecule has 0 saturated carbocycles. The highest BCUT2D eigenvalue weighted by atomic mass is 32.2. The average Bonchev–Trinajstić information content (AvgIpc) is 3.28. The molecule has 3 aromatic rings. The summed E-state index contributed by atoms with van der Waals surface area (Å²) in [4.78, 5) is 17.1. The van der Waals surface area contributed by atoms with Gasteiger partial charge in [0.1, 0.15) is 0 Å². The van der Waals surface area contributed by atoms with Crippen LogP contribution in [0.1, 0.15) is 22.0 Å². The minimum atomic E-state index is -0.0499. The van der Waals surface area contributed by atoms with E-state index in [4.69, 9.17) is 9.47 Å². The first-order valence-electron chi connectivity index (χ1n) is 7.90. The van der Waals surface area contributed by atoms with Gasteiger partial charge >= 0.3 is 0 Å². The number of benzene rings is 2. The van der Waals surface area contributed by atoms with Crippen molar-refractivity contribution in [3.05, 3.63) is 54.1 Å². The van der Waals surface area contributed by atoms with E-state index in [2.05, 4.69) is 10.1 Å². The quantitative estimate of drug-likeness (QED) is 0.703. The van der Waals surface area contributed by atoms with Gasteiger partial charge < -0.3 is 9.47 Å². The molecule has 0 radical (unpaired) electrons. The second-order valence-corrected chi connectivity index (χ2v) is 6.98. The summed E-state index contributed by atoms with van der Waals surface area (Å²) in [5.41, 5.74) is 1.93. The van der Waals surface area contributed by atoms with Crippen LogP contribution in [-0.2, 0) is 0 Å². The Morgan fingerprint density at radius 3 is 2.80 bits per heavy atom. The Morgan fingerprint density at radius 2 is 1.92 bits per heavy atom. The molecule has 0 amide bonds. The Kier molecular flexibility index (Phi) is 3.27. The Bertz CT molecular complexity index is 971. The van der Waals surface area contributed by atoms with Crippen molar-refractivity contribution in [1.82, 2.24) is 14.8 Å². The van der Waals surface area contributed by atoms with Gasteiger partial charge in [-0.2, -0.15) is 4.68 Å². The van der Waals surface area contributed by atoms with Crippen molar-refractivity contribution < 1.29 is 14.3 Å². The molecule has 5 rings (SSSR count). The zero-order valence-electron chi connectivity index (χ0n) is 13.1. The largest absolute Gasteiger partial charge is 0.454 e. The van der Waals surface area contributed by atoms with E-state index in [-0.39, 0.29) is 18.0 Å². The highest BCUT2D eigenvalue weighted by Gasteiger charge is 2.31. The zero-order valence-corrected chi connectivity index (χ0v) is 13.9. The minimum absolute atomic E-state index is 0.0117. The molecule has 2 aliphatic rings. The number of aromatic nitrogens is 3. The molecule has 2 aliphatic heterocycles. The first-order valence-corrected chi connectivity index (χ1v) is 8.78. The van der Waals surface area contributed by atoms with Crippen LogP contribution >= 0.6 is 11.8 Å². The van der Waals surface area contributed by atoms with Crippen LogP contribution in [0.15, 0.2) is 53.7 Å². The highest BCUT2D eigenvalue weighted by molar-refractivity contribution is 7.99. The first-order chi connectivity index (χ1) is 12.3. The minimum Gasteiger partial charge on any atom is -0.454 e. The molecule has 0 N–H and O–H groups in total. The third kappa shape index (κ3) is 2.47. The van der Waals surface area contributed by atoms with Crippen LogP contribution in [0, 0.1) is 0 Å². The summed E-state index contributed by atoms with van der Waals surface area (Å²) in [6, 6.07) is 15.5. The molecule has 1 atom stereocenters. The van der Waals surface area contributed by atoms with Gasteiger partial charge in [-0.25, -0.2) is 4.98 Å². The van der Waals surface area contributed by atoms with Crippen molar-refractivity contribution in [2.45, 2.75) is 16.8 Å². The second-order valence-electron chi connectivity index (χ2n) is 5.81. The Balaban J connectivity index is 1.48. The molecule has 6 nitrogen and oxygen atoms in total. The van der Waals surface area contributed by atoms with Crippen LogP contribution < -0.4 is 9.47 Å². The lowest BCUT2D eigenvalue weighted by molar-refractivity contribution is 0.0868. The topological polar surface area (TPSA) is 66.2 Å². The van der Waals surface area contributed by atoms with Crippen LogP contribution in [0.2, 0.25) is 0 Å². The van der Waals surface area contributed by atoms with Crippen molar-refractivity contribution in [1.29, 1.82) is 0 Å². The van der Waals surface area contributed by atoms with Gasteiger partial charge in [-0.15, -0.1) is 5.10 Å². The maximum absolute atomic E-state index is 12.5. The van der Waals surface area contributed by atoms with Crippen LogP contribution in [0.5, 0.6) is 11.5 Å². The molecule has 0 saturated heterocycles. The van der Waals surface area contributed by atoms with Gasteiger partial charge in [0.2, 0.25) is 6.79 Å². The predicted molar refractivity (Wildman–Crippen MR) is 91.9 cm³/mol. The maximum atomic E-state index is 12.5. The maximum Gasteiger partial charge on any atom is 0.250 e. The van der Waals surface area contributed by atoms with Gasteiger partial charge in [0.25, 0.3) is 5.91 Å². The molecule has 0 bridgehead atoms. The van der Waals surface area contributed by atoms with E-state index in [1.54, 1.807) is 11.8 Å². The van der Waals surface area contributed by atoms with E-state index in [1.165, 1.54) is 4.68 Å². The van der Waals surface area contributed by atoms with Crippen molar-refractivity contribution >= 4 is 17.7 Å². The van der Waals surface area contributed by atoms with E-state index in [0.717, 1.165) is 22.6 Å². The number of carbonyl (C=O) groups excluding carboxylic acids is 1. The Labute approximate surface area is 147 Å². The Morgan fingerprint density at radius 1 is 1.08 bits per heavy atom. The second kappa shape index (κ2) is 5.63. The number of hydrogen-bond donors (Lipinski definition) is 0. The molecule has 7 heteroatoms. The number of hydrogen-bond acceptors (Lipinski definition) is 6. The van der Waals surface area contributed by atoms with Crippen molar-refractivity contribution in [3.8, 4) is 22.9 Å². The molecule has 3 heterocycles. The van der Waals surface area contributed by atoms with Gasteiger partial charge in [0.15, 0.2) is 22.5 Å². The lowest BCUT2D eigenvalue weighted by Crippen LogP contribution is -2.20. The fraction of sp³-hybridized carbons (Fsp3) is 0.167. The summed E-state index contributed by atoms with van der Waals surface area (Å²) in [7, 11) is 0. The molecular weight excluding hydrogens is 338 g/mol. The number of rotatable bonds is 2. The number of carbonyl (C=O) groups is 1. The smallest absolute Gasteiger partial charge is 0.250 e. The van der Waals surface area contributed by atoms with Gasteiger partial charge in [-0.05, 0) is 17.7 Å². The average molecular weight is 351 g/mol. The van der Waals surface area contributed by atoms with Gasteiger partial charge in [-0.3, -0.25) is 4.79 Å². The molecule has 0 spiro atoms. The summed E-state index contributed by atoms with van der Waals surface area (Å²) in [5, 5.41) is 4.99. The van der Waals surface area contributed by atoms with E-state index >= 15 is 0 Å². The number of fused-ring (bicyclic) bond motifs is 2. The molecule has 1 aromatic heterocycles. The molecule has 0 fully saturated rings. The lowest BCUT2D eigenvalue weighted by atomic mass is 10.1. The lowest BCUT2D eigenvalue weighted by Gasteiger charge is -2.20. The van der Waals surface area contributed by atoms with Crippen molar-refractivity contribution in [2.75, 3.05) is 6.79 Å². The van der Waals surface area contributed by atoms with Gasteiger partial charge in [0.05, 0.1) is 0 Å². The molecule has 124 valence electrons. The van der Waals surface area contributed by atoms with E-state index < -0.39 is 0 Å². The van der Waals surface area contributed by atoms with Crippen molar-refractivity contribution in [2.24, 2.45) is 0 Å². The third-order valence-electron chi connectivity index (χ3n) is 4.22. The van der Waals surface area contributed by atoms with E-state index in [1.807, 2.05) is 48.5 Å². The van der Waals surface area contributed by atoms with Gasteiger partial charge in [0, 0.05) is 17.2 Å². The van der Waals surface area contributed by atoms with Crippen LogP contribution in [0.4, 0.5) is 0 Å². The predicted octanol–water partition coefficient (Wildman–Crippen LogP) is 3.55. The summed E-state index contributed by atoms with van der Waals surface area (Å²) < 4.78 is 12.2. The summed E-state index contributed by atoms with van der Waals surface area (Å²) in [6.07, 6.45) is 0.370. The molecular formula is C18H13N3O3S. The zero-order chi connectivity index (χ0) is 16.8. The SMILES string of the molecule is O=C1C[C@@H](c2ccc3c(c2)OCO3)Sc2nc(-c3ccccc3)nn21. The van der Waals surface area contributed by atoms with Crippen LogP contribution in [0.25, 0.3) is 11.4 Å². The molecule has 25 heavy (non-hydrogen) atoms. The molecule has 0 unspecified atom stereocenters. The van der Waals surface area contributed by atoms with E-state index in [9.17, 15) is 4.79 Å². The molecule has 2 aromatic carbocycles. The summed E-state index contributed by atoms with van der Waals surface area (Å²) in [6.45, 7) is 0.240.